The maximum Gasteiger partial charge on any atom is 0.262 e. The standard InChI is InChI=1S/C40H28BNO2/c1-25-11-17-29(18-12-25)42(30-19-13-26(2)14-20-30)31-23-36-40-37(24-31)44-35-22-16-28-8-4-6-10-33(28)39(35)41(40)38-32-9-5-3-7-27(32)15-21-34(38)43-36/h3-24H,1-2H3. The van der Waals surface area contributed by atoms with Gasteiger partial charge >= 0.3 is 0 Å². The van der Waals surface area contributed by atoms with Gasteiger partial charge in [0.15, 0.2) is 0 Å². The van der Waals surface area contributed by atoms with Crippen molar-refractivity contribution in [2.45, 2.75) is 13.8 Å². The first-order chi connectivity index (χ1) is 21.6. The Morgan fingerprint density at radius 2 is 0.886 bits per heavy atom. The van der Waals surface area contributed by atoms with E-state index in [1.54, 1.807) is 0 Å². The van der Waals surface area contributed by atoms with Gasteiger partial charge < -0.3 is 14.4 Å². The molecule has 0 aromatic heterocycles. The highest BCUT2D eigenvalue weighted by Gasteiger charge is 2.42. The zero-order valence-corrected chi connectivity index (χ0v) is 24.5. The summed E-state index contributed by atoms with van der Waals surface area (Å²) in [6.45, 7) is 4.20. The van der Waals surface area contributed by atoms with Crippen molar-refractivity contribution in [3.8, 4) is 23.0 Å². The quantitative estimate of drug-likeness (QED) is 0.200. The van der Waals surface area contributed by atoms with E-state index < -0.39 is 0 Å². The molecule has 7 aromatic rings. The maximum absolute atomic E-state index is 6.85. The lowest BCUT2D eigenvalue weighted by Crippen LogP contribution is -2.57. The second-order valence-electron chi connectivity index (χ2n) is 11.9. The normalized spacial score (nSPS) is 12.6. The number of anilines is 3. The number of benzene rings is 7. The summed E-state index contributed by atoms with van der Waals surface area (Å²) in [5.74, 6) is 3.44. The predicted molar refractivity (Wildman–Crippen MR) is 183 cm³/mol. The molecule has 0 fully saturated rings. The molecular weight excluding hydrogens is 537 g/mol. The van der Waals surface area contributed by atoms with Crippen molar-refractivity contribution < 1.29 is 9.47 Å². The van der Waals surface area contributed by atoms with Gasteiger partial charge in [-0.05, 0) is 82.7 Å². The Bertz CT molecular complexity index is 2100. The summed E-state index contributed by atoms with van der Waals surface area (Å²) in [7, 11) is 0. The molecule has 2 aliphatic heterocycles. The average molecular weight is 565 g/mol. The molecule has 208 valence electrons. The third-order valence-corrected chi connectivity index (χ3v) is 9.10. The van der Waals surface area contributed by atoms with Crippen LogP contribution in [0.3, 0.4) is 0 Å². The number of fused-ring (bicyclic) bond motifs is 8. The van der Waals surface area contributed by atoms with Crippen molar-refractivity contribution in [3.05, 3.63) is 145 Å². The van der Waals surface area contributed by atoms with E-state index in [1.165, 1.54) is 43.6 Å². The summed E-state index contributed by atoms with van der Waals surface area (Å²) in [4.78, 5) is 2.28. The van der Waals surface area contributed by atoms with Gasteiger partial charge in [-0.15, -0.1) is 0 Å². The topological polar surface area (TPSA) is 21.7 Å². The van der Waals surface area contributed by atoms with Gasteiger partial charge in [0.2, 0.25) is 0 Å². The Kier molecular flexibility index (Phi) is 5.42. The lowest BCUT2D eigenvalue weighted by Gasteiger charge is -2.36. The van der Waals surface area contributed by atoms with Gasteiger partial charge in [0.05, 0.1) is 5.69 Å². The van der Waals surface area contributed by atoms with Crippen LogP contribution in [0, 0.1) is 13.8 Å². The van der Waals surface area contributed by atoms with Gasteiger partial charge in [-0.1, -0.05) is 96.1 Å². The summed E-state index contributed by atoms with van der Waals surface area (Å²) in [5, 5.41) is 4.82. The highest BCUT2D eigenvalue weighted by molar-refractivity contribution is 7.00. The molecule has 0 atom stereocenters. The molecule has 0 aliphatic carbocycles. The van der Waals surface area contributed by atoms with Crippen LogP contribution in [0.25, 0.3) is 21.5 Å². The second kappa shape index (κ2) is 9.52. The fraction of sp³-hybridized carbons (Fsp3) is 0.0500. The number of ether oxygens (including phenoxy) is 2. The van der Waals surface area contributed by atoms with E-state index in [2.05, 4.69) is 152 Å². The summed E-state index contributed by atoms with van der Waals surface area (Å²) in [6.07, 6.45) is 0. The van der Waals surface area contributed by atoms with Gasteiger partial charge in [-0.25, -0.2) is 0 Å². The van der Waals surface area contributed by atoms with Crippen LogP contribution in [0.4, 0.5) is 17.1 Å². The van der Waals surface area contributed by atoms with Crippen molar-refractivity contribution in [3.63, 3.8) is 0 Å². The van der Waals surface area contributed by atoms with Gasteiger partial charge in [0.1, 0.15) is 23.0 Å². The first-order valence-corrected chi connectivity index (χ1v) is 15.1. The number of rotatable bonds is 3. The van der Waals surface area contributed by atoms with Crippen molar-refractivity contribution in [1.29, 1.82) is 0 Å². The van der Waals surface area contributed by atoms with E-state index in [-0.39, 0.29) is 6.71 Å². The minimum Gasteiger partial charge on any atom is -0.458 e. The van der Waals surface area contributed by atoms with Crippen molar-refractivity contribution in [2.24, 2.45) is 0 Å². The van der Waals surface area contributed by atoms with E-state index in [0.717, 1.165) is 45.5 Å². The largest absolute Gasteiger partial charge is 0.458 e. The van der Waals surface area contributed by atoms with Crippen molar-refractivity contribution in [2.75, 3.05) is 4.90 Å². The molecule has 44 heavy (non-hydrogen) atoms. The molecule has 0 saturated heterocycles. The van der Waals surface area contributed by atoms with E-state index in [0.29, 0.717) is 0 Å². The molecule has 2 heterocycles. The maximum atomic E-state index is 6.85. The Labute approximate surface area is 257 Å². The second-order valence-corrected chi connectivity index (χ2v) is 11.9. The Balaban J connectivity index is 1.33. The minimum atomic E-state index is -0.0362. The third-order valence-electron chi connectivity index (χ3n) is 9.10. The first-order valence-electron chi connectivity index (χ1n) is 15.1. The van der Waals surface area contributed by atoms with E-state index in [4.69, 9.17) is 9.47 Å². The van der Waals surface area contributed by atoms with Crippen LogP contribution in [0.15, 0.2) is 133 Å². The van der Waals surface area contributed by atoms with Crippen LogP contribution < -0.4 is 30.8 Å². The Hall–Kier alpha value is -5.48. The van der Waals surface area contributed by atoms with Gasteiger partial charge in [0, 0.05) is 29.0 Å². The van der Waals surface area contributed by atoms with E-state index in [9.17, 15) is 0 Å². The fourth-order valence-corrected chi connectivity index (χ4v) is 7.00. The summed E-state index contributed by atoms with van der Waals surface area (Å²) < 4.78 is 13.7. The van der Waals surface area contributed by atoms with Crippen LogP contribution >= 0.6 is 0 Å². The van der Waals surface area contributed by atoms with Crippen LogP contribution in [-0.2, 0) is 0 Å². The predicted octanol–water partition coefficient (Wildman–Crippen LogP) is 8.81. The monoisotopic (exact) mass is 565 g/mol. The molecule has 0 radical (unpaired) electrons. The Morgan fingerprint density at radius 3 is 1.36 bits per heavy atom. The smallest absolute Gasteiger partial charge is 0.262 e. The fourth-order valence-electron chi connectivity index (χ4n) is 7.00. The summed E-state index contributed by atoms with van der Waals surface area (Å²) >= 11 is 0. The highest BCUT2D eigenvalue weighted by atomic mass is 16.5. The van der Waals surface area contributed by atoms with Crippen LogP contribution in [0.2, 0.25) is 0 Å². The molecule has 0 saturated carbocycles. The number of hydrogen-bond acceptors (Lipinski definition) is 3. The number of aryl methyl sites for hydroxylation is 2. The molecular formula is C40H28BNO2. The average Bonchev–Trinajstić information content (AvgIpc) is 3.06. The molecule has 0 unspecified atom stereocenters. The molecule has 7 aromatic carbocycles. The van der Waals surface area contributed by atoms with Crippen LogP contribution in [0.1, 0.15) is 11.1 Å². The number of hydrogen-bond donors (Lipinski definition) is 0. The van der Waals surface area contributed by atoms with E-state index >= 15 is 0 Å². The molecule has 9 rings (SSSR count). The molecule has 0 bridgehead atoms. The lowest BCUT2D eigenvalue weighted by atomic mass is 9.34. The zero-order chi connectivity index (χ0) is 29.4. The number of nitrogens with zero attached hydrogens (tertiary/aromatic N) is 1. The molecule has 4 heteroatoms. The molecule has 0 N–H and O–H groups in total. The van der Waals surface area contributed by atoms with Gasteiger partial charge in [0.25, 0.3) is 6.71 Å². The molecule has 0 spiro atoms. The van der Waals surface area contributed by atoms with Gasteiger partial charge in [-0.3, -0.25) is 0 Å². The zero-order valence-electron chi connectivity index (χ0n) is 24.5. The molecule has 2 aliphatic rings. The highest BCUT2D eigenvalue weighted by Crippen LogP contribution is 2.43. The molecule has 0 amide bonds. The Morgan fingerprint density at radius 1 is 0.432 bits per heavy atom. The third kappa shape index (κ3) is 3.77. The molecule has 3 nitrogen and oxygen atoms in total. The van der Waals surface area contributed by atoms with Gasteiger partial charge in [-0.2, -0.15) is 0 Å². The minimum absolute atomic E-state index is 0.0362. The lowest BCUT2D eigenvalue weighted by molar-refractivity contribution is 0.465. The SMILES string of the molecule is Cc1ccc(N(c2ccc(C)cc2)c2cc3c4c(c2)Oc2ccc5ccccc5c2B4c2c(ccc4ccccc24)O3)cc1. The van der Waals surface area contributed by atoms with E-state index in [1.807, 2.05) is 0 Å². The van der Waals surface area contributed by atoms with Crippen molar-refractivity contribution in [1.82, 2.24) is 0 Å². The summed E-state index contributed by atoms with van der Waals surface area (Å²) in [5.41, 5.74) is 9.05. The first kappa shape index (κ1) is 25.1. The van der Waals surface area contributed by atoms with Crippen molar-refractivity contribution >= 4 is 61.7 Å². The van der Waals surface area contributed by atoms with Crippen LogP contribution in [0.5, 0.6) is 23.0 Å². The summed E-state index contributed by atoms with van der Waals surface area (Å²) in [6, 6.07) is 47.5. The van der Waals surface area contributed by atoms with Crippen LogP contribution in [-0.4, -0.2) is 6.71 Å².